The Morgan fingerprint density at radius 2 is 2.10 bits per heavy atom. The predicted molar refractivity (Wildman–Crippen MR) is 75.7 cm³/mol. The summed E-state index contributed by atoms with van der Waals surface area (Å²) in [6, 6.07) is 0.529. The minimum absolute atomic E-state index is 0.187. The van der Waals surface area contributed by atoms with Crippen molar-refractivity contribution in [2.45, 2.75) is 57.0 Å². The van der Waals surface area contributed by atoms with Crippen LogP contribution in [0, 0.1) is 5.92 Å². The van der Waals surface area contributed by atoms with Gasteiger partial charge in [0.25, 0.3) is 11.7 Å². The molecule has 0 radical (unpaired) electrons. The van der Waals surface area contributed by atoms with E-state index in [0.29, 0.717) is 11.9 Å². The lowest BCUT2D eigenvalue weighted by Gasteiger charge is -2.32. The van der Waals surface area contributed by atoms with E-state index in [2.05, 4.69) is 20.4 Å². The molecule has 0 bridgehead atoms. The normalized spacial score (nSPS) is 26.8. The second-order valence-corrected chi connectivity index (χ2v) is 6.65. The van der Waals surface area contributed by atoms with Gasteiger partial charge in [-0.05, 0) is 51.0 Å². The van der Waals surface area contributed by atoms with Crippen LogP contribution in [0.4, 0.5) is 0 Å². The van der Waals surface area contributed by atoms with Crippen LogP contribution in [0.25, 0.3) is 0 Å². The lowest BCUT2D eigenvalue weighted by atomic mass is 9.85. The summed E-state index contributed by atoms with van der Waals surface area (Å²) in [4.78, 5) is 18.7. The number of carbonyl (C=O) groups is 1. The second kappa shape index (κ2) is 5.40. The van der Waals surface area contributed by atoms with Crippen molar-refractivity contribution in [3.8, 4) is 0 Å². The molecule has 1 N–H and O–H groups in total. The number of aromatic nitrogens is 2. The summed E-state index contributed by atoms with van der Waals surface area (Å²) in [7, 11) is 0. The lowest BCUT2D eigenvalue weighted by molar-refractivity contribution is 0.0937. The number of likely N-dealkylation sites (tertiary alicyclic amines) is 1. The fourth-order valence-corrected chi connectivity index (χ4v) is 3.27. The Balaban J connectivity index is 1.42. The highest BCUT2D eigenvalue weighted by Crippen LogP contribution is 2.35. The smallest absolute Gasteiger partial charge is 0.292 e. The summed E-state index contributed by atoms with van der Waals surface area (Å²) in [5.41, 5.74) is 0. The summed E-state index contributed by atoms with van der Waals surface area (Å²) in [5, 5.41) is 6.76. The van der Waals surface area contributed by atoms with Gasteiger partial charge in [0.05, 0.1) is 6.04 Å². The molecule has 2 heterocycles. The molecule has 21 heavy (non-hydrogen) atoms. The molecule has 1 aliphatic heterocycles. The van der Waals surface area contributed by atoms with Crippen molar-refractivity contribution < 1.29 is 9.32 Å². The maximum atomic E-state index is 11.9. The molecule has 2 saturated carbocycles. The number of hydrogen-bond acceptors (Lipinski definition) is 5. The third-order valence-corrected chi connectivity index (χ3v) is 4.92. The zero-order valence-electron chi connectivity index (χ0n) is 12.3. The monoisotopic (exact) mass is 290 g/mol. The molecule has 1 aromatic rings. The van der Waals surface area contributed by atoms with Crippen molar-refractivity contribution in [1.82, 2.24) is 20.4 Å². The van der Waals surface area contributed by atoms with Gasteiger partial charge in [-0.15, -0.1) is 0 Å². The van der Waals surface area contributed by atoms with Gasteiger partial charge in [-0.1, -0.05) is 11.6 Å². The standard InChI is InChI=1S/C15H22N4O2/c20-14(16-11-6-7-11)13-17-15(21-18-13)12-5-2-8-19(12)9-10-3-1-4-10/h10-12H,1-9H2,(H,16,20). The van der Waals surface area contributed by atoms with Crippen LogP contribution in [-0.4, -0.2) is 40.1 Å². The van der Waals surface area contributed by atoms with E-state index in [4.69, 9.17) is 4.52 Å². The Kier molecular flexibility index (Phi) is 3.41. The molecule has 4 rings (SSSR count). The maximum absolute atomic E-state index is 11.9. The van der Waals surface area contributed by atoms with E-state index in [9.17, 15) is 4.79 Å². The van der Waals surface area contributed by atoms with E-state index >= 15 is 0 Å². The SMILES string of the molecule is O=C(NC1CC1)c1noc(C2CCCN2CC2CCC2)n1. The molecule has 1 aromatic heterocycles. The van der Waals surface area contributed by atoms with Crippen molar-refractivity contribution in [3.63, 3.8) is 0 Å². The average Bonchev–Trinajstić information content (AvgIpc) is 2.94. The topological polar surface area (TPSA) is 71.3 Å². The minimum atomic E-state index is -0.198. The van der Waals surface area contributed by atoms with Crippen LogP contribution in [0.1, 0.15) is 67.5 Å². The van der Waals surface area contributed by atoms with Gasteiger partial charge in [0.1, 0.15) is 0 Å². The van der Waals surface area contributed by atoms with Crippen LogP contribution in [0.2, 0.25) is 0 Å². The fourth-order valence-electron chi connectivity index (χ4n) is 3.27. The van der Waals surface area contributed by atoms with Gasteiger partial charge in [-0.3, -0.25) is 9.69 Å². The van der Waals surface area contributed by atoms with Crippen molar-refractivity contribution in [1.29, 1.82) is 0 Å². The summed E-state index contributed by atoms with van der Waals surface area (Å²) in [5.74, 6) is 1.45. The van der Waals surface area contributed by atoms with Crippen molar-refractivity contribution in [3.05, 3.63) is 11.7 Å². The van der Waals surface area contributed by atoms with Crippen LogP contribution in [0.15, 0.2) is 4.52 Å². The number of carbonyl (C=O) groups excluding carboxylic acids is 1. The largest absolute Gasteiger partial charge is 0.346 e. The van der Waals surface area contributed by atoms with E-state index < -0.39 is 0 Å². The van der Waals surface area contributed by atoms with E-state index in [0.717, 1.165) is 38.3 Å². The first-order valence-electron chi connectivity index (χ1n) is 8.18. The van der Waals surface area contributed by atoms with E-state index in [1.54, 1.807) is 0 Å². The summed E-state index contributed by atoms with van der Waals surface area (Å²) < 4.78 is 5.37. The molecule has 1 saturated heterocycles. The van der Waals surface area contributed by atoms with Gasteiger partial charge in [0, 0.05) is 12.6 Å². The second-order valence-electron chi connectivity index (χ2n) is 6.65. The third-order valence-electron chi connectivity index (χ3n) is 4.92. The van der Waals surface area contributed by atoms with Gasteiger partial charge in [0.15, 0.2) is 0 Å². The number of nitrogens with zero attached hydrogens (tertiary/aromatic N) is 3. The summed E-state index contributed by atoms with van der Waals surface area (Å²) in [6.07, 6.45) is 8.42. The van der Waals surface area contributed by atoms with E-state index in [1.165, 1.54) is 25.7 Å². The first-order chi connectivity index (χ1) is 10.3. The molecular formula is C15H22N4O2. The molecule has 0 spiro atoms. The van der Waals surface area contributed by atoms with Crippen LogP contribution in [-0.2, 0) is 0 Å². The van der Waals surface area contributed by atoms with Crippen LogP contribution in [0.5, 0.6) is 0 Å². The minimum Gasteiger partial charge on any atom is -0.346 e. The molecule has 3 aliphatic rings. The Hall–Kier alpha value is -1.43. The Morgan fingerprint density at radius 3 is 2.81 bits per heavy atom. The zero-order valence-corrected chi connectivity index (χ0v) is 12.3. The van der Waals surface area contributed by atoms with Crippen molar-refractivity contribution >= 4 is 5.91 Å². The van der Waals surface area contributed by atoms with Gasteiger partial charge in [0.2, 0.25) is 5.89 Å². The third kappa shape index (κ3) is 2.81. The number of hydrogen-bond donors (Lipinski definition) is 1. The highest BCUT2D eigenvalue weighted by Gasteiger charge is 2.34. The summed E-state index contributed by atoms with van der Waals surface area (Å²) >= 11 is 0. The predicted octanol–water partition coefficient (Wildman–Crippen LogP) is 1.90. The van der Waals surface area contributed by atoms with Crippen molar-refractivity contribution in [2.75, 3.05) is 13.1 Å². The van der Waals surface area contributed by atoms with Crippen LogP contribution in [0.3, 0.4) is 0 Å². The number of amides is 1. The number of rotatable bonds is 5. The molecular weight excluding hydrogens is 268 g/mol. The highest BCUT2D eigenvalue weighted by molar-refractivity contribution is 5.90. The average molecular weight is 290 g/mol. The zero-order chi connectivity index (χ0) is 14.2. The molecule has 6 heteroatoms. The highest BCUT2D eigenvalue weighted by atomic mass is 16.5. The molecule has 1 amide bonds. The Labute approximate surface area is 124 Å². The van der Waals surface area contributed by atoms with Crippen LogP contribution >= 0.6 is 0 Å². The van der Waals surface area contributed by atoms with Gasteiger partial charge >= 0.3 is 0 Å². The molecule has 2 aliphatic carbocycles. The fraction of sp³-hybridized carbons (Fsp3) is 0.800. The molecule has 6 nitrogen and oxygen atoms in total. The Bertz CT molecular complexity index is 521. The first kappa shape index (κ1) is 13.2. The number of nitrogens with one attached hydrogen (secondary N) is 1. The molecule has 1 unspecified atom stereocenters. The maximum Gasteiger partial charge on any atom is 0.292 e. The van der Waals surface area contributed by atoms with E-state index in [1.807, 2.05) is 0 Å². The van der Waals surface area contributed by atoms with Gasteiger partial charge in [-0.2, -0.15) is 4.98 Å². The molecule has 114 valence electrons. The lowest BCUT2D eigenvalue weighted by Crippen LogP contribution is -2.32. The first-order valence-corrected chi connectivity index (χ1v) is 8.18. The van der Waals surface area contributed by atoms with Crippen LogP contribution < -0.4 is 5.32 Å². The van der Waals surface area contributed by atoms with Gasteiger partial charge in [-0.25, -0.2) is 0 Å². The summed E-state index contributed by atoms with van der Waals surface area (Å²) in [6.45, 7) is 2.24. The van der Waals surface area contributed by atoms with Gasteiger partial charge < -0.3 is 9.84 Å². The Morgan fingerprint density at radius 1 is 1.24 bits per heavy atom. The molecule has 0 aromatic carbocycles. The van der Waals surface area contributed by atoms with Crippen molar-refractivity contribution in [2.24, 2.45) is 5.92 Å². The molecule has 1 atom stereocenters. The molecule has 3 fully saturated rings. The van der Waals surface area contributed by atoms with E-state index in [-0.39, 0.29) is 17.8 Å². The quantitative estimate of drug-likeness (QED) is 0.896.